The summed E-state index contributed by atoms with van der Waals surface area (Å²) < 4.78 is 37.6. The van der Waals surface area contributed by atoms with Crippen molar-refractivity contribution in [1.82, 2.24) is 9.97 Å². The fraction of sp³-hybridized carbons (Fsp3) is 0.105. The van der Waals surface area contributed by atoms with Crippen LogP contribution < -0.4 is 19.5 Å². The number of aromatic nitrogens is 2. The van der Waals surface area contributed by atoms with Crippen molar-refractivity contribution in [2.24, 2.45) is 0 Å². The Bertz CT molecular complexity index is 1070. The first kappa shape index (κ1) is 20.1. The Kier molecular flexibility index (Phi) is 6.25. The number of benzene rings is 2. The number of para-hydroxylation sites is 2. The lowest BCUT2D eigenvalue weighted by atomic mass is 10.3. The van der Waals surface area contributed by atoms with Crippen molar-refractivity contribution < 1.29 is 22.7 Å². The van der Waals surface area contributed by atoms with Crippen molar-refractivity contribution >= 4 is 27.6 Å². The van der Waals surface area contributed by atoms with Crippen LogP contribution in [0.3, 0.4) is 0 Å². The molecule has 0 unspecified atom stereocenters. The van der Waals surface area contributed by atoms with E-state index in [9.17, 15) is 13.2 Å². The third-order valence-electron chi connectivity index (χ3n) is 3.67. The number of hydrogen-bond donors (Lipinski definition) is 2. The standard InChI is InChI=1S/C19H18N4O5S/c1-27-16-5-2-3-6-17(16)28-13-18(24)22-14-7-9-15(10-8-14)29(25,26)23-19-20-11-4-12-21-19/h2-12H,13H2,1H3,(H,22,24)(H,20,21,23). The van der Waals surface area contributed by atoms with Gasteiger partial charge in [-0.1, -0.05) is 12.1 Å². The highest BCUT2D eigenvalue weighted by atomic mass is 32.2. The lowest BCUT2D eigenvalue weighted by molar-refractivity contribution is -0.118. The first-order valence-corrected chi connectivity index (χ1v) is 9.92. The number of amides is 1. The molecule has 9 nitrogen and oxygen atoms in total. The smallest absolute Gasteiger partial charge is 0.264 e. The number of rotatable bonds is 8. The first-order valence-electron chi connectivity index (χ1n) is 8.43. The largest absolute Gasteiger partial charge is 0.493 e. The summed E-state index contributed by atoms with van der Waals surface area (Å²) in [6.45, 7) is -0.229. The van der Waals surface area contributed by atoms with E-state index in [1.54, 1.807) is 30.3 Å². The van der Waals surface area contributed by atoms with Crippen LogP contribution in [0.5, 0.6) is 11.5 Å². The van der Waals surface area contributed by atoms with Crippen molar-refractivity contribution in [3.05, 3.63) is 67.0 Å². The minimum Gasteiger partial charge on any atom is -0.493 e. The average Bonchev–Trinajstić information content (AvgIpc) is 2.73. The summed E-state index contributed by atoms with van der Waals surface area (Å²) in [5.74, 6) is 0.534. The molecule has 0 bridgehead atoms. The van der Waals surface area contributed by atoms with Gasteiger partial charge >= 0.3 is 0 Å². The summed E-state index contributed by atoms with van der Waals surface area (Å²) in [6, 6.07) is 14.2. The van der Waals surface area contributed by atoms with Crippen molar-refractivity contribution in [1.29, 1.82) is 0 Å². The number of hydrogen-bond acceptors (Lipinski definition) is 7. The number of nitrogens with zero attached hydrogens (tertiary/aromatic N) is 2. The third kappa shape index (κ3) is 5.42. The molecule has 1 aromatic heterocycles. The van der Waals surface area contributed by atoms with Gasteiger partial charge in [0.1, 0.15) is 0 Å². The monoisotopic (exact) mass is 414 g/mol. The van der Waals surface area contributed by atoms with E-state index in [-0.39, 0.29) is 17.5 Å². The van der Waals surface area contributed by atoms with Gasteiger partial charge in [0.15, 0.2) is 18.1 Å². The van der Waals surface area contributed by atoms with Gasteiger partial charge in [0.05, 0.1) is 12.0 Å². The Morgan fingerprint density at radius 3 is 2.28 bits per heavy atom. The van der Waals surface area contributed by atoms with E-state index in [1.165, 1.54) is 43.8 Å². The summed E-state index contributed by atoms with van der Waals surface area (Å²) in [5, 5.41) is 2.63. The number of carbonyl (C=O) groups excluding carboxylic acids is 1. The van der Waals surface area contributed by atoms with Gasteiger partial charge < -0.3 is 14.8 Å². The van der Waals surface area contributed by atoms with Crippen LogP contribution >= 0.6 is 0 Å². The fourth-order valence-corrected chi connectivity index (χ4v) is 3.28. The van der Waals surface area contributed by atoms with Crippen LogP contribution in [-0.2, 0) is 14.8 Å². The Hall–Kier alpha value is -3.66. The molecule has 150 valence electrons. The maximum atomic E-state index is 12.3. The van der Waals surface area contributed by atoms with Gasteiger partial charge in [-0.25, -0.2) is 23.1 Å². The van der Waals surface area contributed by atoms with Gasteiger partial charge in [0, 0.05) is 18.1 Å². The quantitative estimate of drug-likeness (QED) is 0.580. The molecule has 0 aliphatic heterocycles. The predicted molar refractivity (Wildman–Crippen MR) is 106 cm³/mol. The molecule has 3 rings (SSSR count). The van der Waals surface area contributed by atoms with E-state index in [2.05, 4.69) is 20.0 Å². The zero-order chi connectivity index (χ0) is 20.7. The first-order chi connectivity index (χ1) is 14.0. The normalized spacial score (nSPS) is 10.8. The summed E-state index contributed by atoms with van der Waals surface area (Å²) in [7, 11) is -2.33. The van der Waals surface area contributed by atoms with Crippen LogP contribution in [0.1, 0.15) is 0 Å². The zero-order valence-electron chi connectivity index (χ0n) is 15.4. The molecule has 2 aromatic carbocycles. The van der Waals surface area contributed by atoms with E-state index >= 15 is 0 Å². The fourth-order valence-electron chi connectivity index (χ4n) is 2.33. The van der Waals surface area contributed by atoms with Gasteiger partial charge in [-0.05, 0) is 42.5 Å². The molecular formula is C19H18N4O5S. The van der Waals surface area contributed by atoms with Gasteiger partial charge in [-0.3, -0.25) is 4.79 Å². The maximum absolute atomic E-state index is 12.3. The number of carbonyl (C=O) groups is 1. The van der Waals surface area contributed by atoms with Crippen LogP contribution in [0, 0.1) is 0 Å². The molecule has 2 N–H and O–H groups in total. The van der Waals surface area contributed by atoms with E-state index in [4.69, 9.17) is 9.47 Å². The summed E-state index contributed by atoms with van der Waals surface area (Å²) in [6.07, 6.45) is 2.85. The van der Waals surface area contributed by atoms with Crippen LogP contribution in [0.15, 0.2) is 71.9 Å². The van der Waals surface area contributed by atoms with E-state index in [1.807, 2.05) is 0 Å². The van der Waals surface area contributed by atoms with E-state index in [0.717, 1.165) is 0 Å². The highest BCUT2D eigenvalue weighted by Gasteiger charge is 2.15. The van der Waals surface area contributed by atoms with Crippen LogP contribution in [0.4, 0.5) is 11.6 Å². The lowest BCUT2D eigenvalue weighted by Gasteiger charge is -2.11. The second kappa shape index (κ2) is 9.02. The highest BCUT2D eigenvalue weighted by molar-refractivity contribution is 7.92. The molecule has 10 heteroatoms. The molecule has 0 fully saturated rings. The van der Waals surface area contributed by atoms with E-state index < -0.39 is 15.9 Å². The number of nitrogens with one attached hydrogen (secondary N) is 2. The van der Waals surface area contributed by atoms with Crippen molar-refractivity contribution in [3.63, 3.8) is 0 Å². The minimum atomic E-state index is -3.84. The molecule has 1 amide bonds. The van der Waals surface area contributed by atoms with Gasteiger partial charge in [-0.15, -0.1) is 0 Å². The number of ether oxygens (including phenoxy) is 2. The molecule has 3 aromatic rings. The molecule has 1 heterocycles. The second-order valence-corrected chi connectivity index (χ2v) is 7.37. The molecule has 0 spiro atoms. The zero-order valence-corrected chi connectivity index (χ0v) is 16.2. The highest BCUT2D eigenvalue weighted by Crippen LogP contribution is 2.25. The molecule has 0 atom stereocenters. The average molecular weight is 414 g/mol. The topological polar surface area (TPSA) is 120 Å². The number of sulfonamides is 1. The molecule has 29 heavy (non-hydrogen) atoms. The Morgan fingerprint density at radius 2 is 1.62 bits per heavy atom. The Balaban J connectivity index is 1.59. The second-order valence-electron chi connectivity index (χ2n) is 5.69. The van der Waals surface area contributed by atoms with Crippen LogP contribution in [0.2, 0.25) is 0 Å². The predicted octanol–water partition coefficient (Wildman–Crippen LogP) is 2.30. The Labute approximate surface area is 167 Å². The number of methoxy groups -OCH3 is 1. The summed E-state index contributed by atoms with van der Waals surface area (Å²) in [5.41, 5.74) is 0.425. The third-order valence-corrected chi connectivity index (χ3v) is 5.01. The molecule has 0 aliphatic rings. The lowest BCUT2D eigenvalue weighted by Crippen LogP contribution is -2.20. The van der Waals surface area contributed by atoms with E-state index in [0.29, 0.717) is 17.2 Å². The van der Waals surface area contributed by atoms with Crippen LogP contribution in [0.25, 0.3) is 0 Å². The molecular weight excluding hydrogens is 396 g/mol. The van der Waals surface area contributed by atoms with Crippen LogP contribution in [-0.4, -0.2) is 38.0 Å². The summed E-state index contributed by atoms with van der Waals surface area (Å²) >= 11 is 0. The molecule has 0 aliphatic carbocycles. The summed E-state index contributed by atoms with van der Waals surface area (Å²) in [4.78, 5) is 19.7. The Morgan fingerprint density at radius 1 is 0.966 bits per heavy atom. The van der Waals surface area contributed by atoms with Gasteiger partial charge in [0.25, 0.3) is 15.9 Å². The van der Waals surface area contributed by atoms with Gasteiger partial charge in [-0.2, -0.15) is 0 Å². The molecule has 0 saturated heterocycles. The maximum Gasteiger partial charge on any atom is 0.264 e. The molecule has 0 radical (unpaired) electrons. The number of anilines is 2. The van der Waals surface area contributed by atoms with Crippen molar-refractivity contribution in [2.45, 2.75) is 4.90 Å². The molecule has 0 saturated carbocycles. The van der Waals surface area contributed by atoms with Gasteiger partial charge in [0.2, 0.25) is 5.95 Å². The van der Waals surface area contributed by atoms with Crippen molar-refractivity contribution in [2.75, 3.05) is 23.8 Å². The SMILES string of the molecule is COc1ccccc1OCC(=O)Nc1ccc(S(=O)(=O)Nc2ncccn2)cc1. The minimum absolute atomic E-state index is 0.00761. The van der Waals surface area contributed by atoms with Crippen molar-refractivity contribution in [3.8, 4) is 11.5 Å².